The largest absolute Gasteiger partial charge is 0.460 e. The van der Waals surface area contributed by atoms with Crippen LogP contribution in [-0.4, -0.2) is 23.2 Å². The lowest BCUT2D eigenvalue weighted by atomic mass is 10.0. The van der Waals surface area contributed by atoms with Crippen molar-refractivity contribution in [1.82, 2.24) is 5.32 Å². The van der Waals surface area contributed by atoms with E-state index in [9.17, 15) is 4.79 Å². The summed E-state index contributed by atoms with van der Waals surface area (Å²) in [6, 6.07) is 18.2. The van der Waals surface area contributed by atoms with Gasteiger partial charge in [0.15, 0.2) is 5.11 Å². The van der Waals surface area contributed by atoms with Gasteiger partial charge in [-0.15, -0.1) is 0 Å². The average molecular weight is 371 g/mol. The van der Waals surface area contributed by atoms with Crippen LogP contribution in [0.1, 0.15) is 33.6 Å². The van der Waals surface area contributed by atoms with Crippen molar-refractivity contribution in [3.05, 3.63) is 54.6 Å². The number of benzene rings is 2. The highest BCUT2D eigenvalue weighted by molar-refractivity contribution is 7.80. The number of rotatable bonds is 6. The first-order chi connectivity index (χ1) is 12.3. The number of ether oxygens (including phenoxy) is 1. The molecule has 0 aliphatic carbocycles. The molecule has 0 amide bonds. The van der Waals surface area contributed by atoms with E-state index in [1.807, 2.05) is 57.2 Å². The quantitative estimate of drug-likeness (QED) is 0.436. The van der Waals surface area contributed by atoms with Crippen LogP contribution in [-0.2, 0) is 9.53 Å². The molecule has 2 N–H and O–H groups in total. The molecule has 0 atom stereocenters. The Bertz CT molecular complexity index is 739. The topological polar surface area (TPSA) is 50.4 Å². The van der Waals surface area contributed by atoms with Crippen molar-refractivity contribution >= 4 is 29.0 Å². The molecular weight excluding hydrogens is 344 g/mol. The Morgan fingerprint density at radius 3 is 2.38 bits per heavy atom. The number of carbonyl (C=O) groups excluding carboxylic acids is 1. The zero-order valence-electron chi connectivity index (χ0n) is 15.5. The first kappa shape index (κ1) is 19.9. The summed E-state index contributed by atoms with van der Waals surface area (Å²) in [6.07, 6.45) is 1.03. The monoisotopic (exact) mass is 370 g/mol. The summed E-state index contributed by atoms with van der Waals surface area (Å²) in [6.45, 7) is 6.21. The minimum absolute atomic E-state index is 0.187. The Balaban J connectivity index is 1.83. The molecule has 0 saturated carbocycles. The predicted octanol–water partition coefficient (Wildman–Crippen LogP) is 4.76. The fraction of sp³-hybridized carbons (Fsp3) is 0.333. The number of carbonyl (C=O) groups is 1. The average Bonchev–Trinajstić information content (AvgIpc) is 2.58. The molecule has 0 aliphatic rings. The van der Waals surface area contributed by atoms with Crippen molar-refractivity contribution in [1.29, 1.82) is 0 Å². The van der Waals surface area contributed by atoms with Crippen LogP contribution < -0.4 is 10.6 Å². The van der Waals surface area contributed by atoms with E-state index >= 15 is 0 Å². The summed E-state index contributed by atoms with van der Waals surface area (Å²) in [5.41, 5.74) is 2.72. The number of hydrogen-bond acceptors (Lipinski definition) is 3. The van der Waals surface area contributed by atoms with Gasteiger partial charge in [-0.3, -0.25) is 4.79 Å². The molecule has 0 unspecified atom stereocenters. The van der Waals surface area contributed by atoms with Crippen molar-refractivity contribution in [2.24, 2.45) is 0 Å². The van der Waals surface area contributed by atoms with Crippen molar-refractivity contribution in [2.75, 3.05) is 11.9 Å². The van der Waals surface area contributed by atoms with Crippen LogP contribution >= 0.6 is 12.2 Å². The number of esters is 1. The lowest BCUT2D eigenvalue weighted by Crippen LogP contribution is -2.30. The molecular formula is C21H26N2O2S. The van der Waals surface area contributed by atoms with Gasteiger partial charge in [-0.2, -0.15) is 0 Å². The second kappa shape index (κ2) is 9.34. The van der Waals surface area contributed by atoms with E-state index in [4.69, 9.17) is 17.0 Å². The van der Waals surface area contributed by atoms with Gasteiger partial charge in [0.1, 0.15) is 5.60 Å². The van der Waals surface area contributed by atoms with Crippen LogP contribution in [0, 0.1) is 0 Å². The second-order valence-corrected chi connectivity index (χ2v) is 7.39. The van der Waals surface area contributed by atoms with Gasteiger partial charge in [0.05, 0.1) is 0 Å². The van der Waals surface area contributed by atoms with E-state index < -0.39 is 5.60 Å². The highest BCUT2D eigenvalue weighted by atomic mass is 32.1. The van der Waals surface area contributed by atoms with Crippen LogP contribution in [0.4, 0.5) is 5.69 Å². The zero-order chi connectivity index (χ0) is 19.0. The van der Waals surface area contributed by atoms with Gasteiger partial charge in [0.2, 0.25) is 0 Å². The third-order valence-electron chi connectivity index (χ3n) is 3.52. The van der Waals surface area contributed by atoms with Gasteiger partial charge in [-0.1, -0.05) is 48.5 Å². The van der Waals surface area contributed by atoms with Crippen molar-refractivity contribution in [2.45, 2.75) is 39.2 Å². The Hall–Kier alpha value is -2.40. The molecule has 0 bridgehead atoms. The molecule has 0 aliphatic heterocycles. The minimum atomic E-state index is -0.442. The van der Waals surface area contributed by atoms with E-state index in [-0.39, 0.29) is 5.97 Å². The molecule has 0 fully saturated rings. The van der Waals surface area contributed by atoms with Gasteiger partial charge in [-0.05, 0) is 51.0 Å². The third kappa shape index (κ3) is 6.84. The lowest BCUT2D eigenvalue weighted by Gasteiger charge is -2.19. The Morgan fingerprint density at radius 2 is 1.69 bits per heavy atom. The van der Waals surface area contributed by atoms with E-state index in [0.717, 1.165) is 16.8 Å². The summed E-state index contributed by atoms with van der Waals surface area (Å²) < 4.78 is 5.29. The van der Waals surface area contributed by atoms with Gasteiger partial charge in [-0.25, -0.2) is 0 Å². The molecule has 2 aromatic rings. The van der Waals surface area contributed by atoms with E-state index in [2.05, 4.69) is 28.8 Å². The molecule has 2 rings (SSSR count). The Morgan fingerprint density at radius 1 is 1.04 bits per heavy atom. The molecule has 0 radical (unpaired) electrons. The first-order valence-corrected chi connectivity index (χ1v) is 9.17. The maximum absolute atomic E-state index is 11.7. The van der Waals surface area contributed by atoms with Gasteiger partial charge < -0.3 is 15.4 Å². The van der Waals surface area contributed by atoms with E-state index in [1.165, 1.54) is 0 Å². The molecule has 0 spiro atoms. The highest BCUT2D eigenvalue weighted by Crippen LogP contribution is 2.27. The van der Waals surface area contributed by atoms with Crippen LogP contribution in [0.15, 0.2) is 54.6 Å². The second-order valence-electron chi connectivity index (χ2n) is 6.98. The smallest absolute Gasteiger partial charge is 0.306 e. The van der Waals surface area contributed by atoms with Crippen LogP contribution in [0.5, 0.6) is 0 Å². The number of anilines is 1. The maximum atomic E-state index is 11.7. The van der Waals surface area contributed by atoms with Crippen molar-refractivity contribution in [3.63, 3.8) is 0 Å². The zero-order valence-corrected chi connectivity index (χ0v) is 16.4. The third-order valence-corrected chi connectivity index (χ3v) is 3.77. The number of para-hydroxylation sites is 1. The molecule has 0 aromatic heterocycles. The molecule has 4 nitrogen and oxygen atoms in total. The molecule has 26 heavy (non-hydrogen) atoms. The summed E-state index contributed by atoms with van der Waals surface area (Å²) >= 11 is 5.37. The fourth-order valence-electron chi connectivity index (χ4n) is 2.46. The van der Waals surface area contributed by atoms with Crippen molar-refractivity contribution in [3.8, 4) is 11.1 Å². The van der Waals surface area contributed by atoms with Crippen LogP contribution in [0.2, 0.25) is 0 Å². The molecule has 2 aromatic carbocycles. The van der Waals surface area contributed by atoms with Crippen LogP contribution in [0.25, 0.3) is 11.1 Å². The van der Waals surface area contributed by atoms with Gasteiger partial charge in [0.25, 0.3) is 0 Å². The predicted molar refractivity (Wildman–Crippen MR) is 111 cm³/mol. The standard InChI is InChI=1S/C21H26N2O2S/c1-21(2,3)25-19(24)14-9-15-22-20(26)23-18-13-8-7-12-17(18)16-10-5-4-6-11-16/h4-8,10-13H,9,14-15H2,1-3H3,(H2,22,23,26). The number of hydrogen-bond donors (Lipinski definition) is 2. The maximum Gasteiger partial charge on any atom is 0.306 e. The van der Waals surface area contributed by atoms with E-state index in [0.29, 0.717) is 24.5 Å². The summed E-state index contributed by atoms with van der Waals surface area (Å²) in [5.74, 6) is -0.187. The summed E-state index contributed by atoms with van der Waals surface area (Å²) in [7, 11) is 0. The Labute approximate surface area is 161 Å². The summed E-state index contributed by atoms with van der Waals surface area (Å²) in [5, 5.41) is 6.92. The molecule has 0 heterocycles. The highest BCUT2D eigenvalue weighted by Gasteiger charge is 2.15. The minimum Gasteiger partial charge on any atom is -0.460 e. The van der Waals surface area contributed by atoms with E-state index in [1.54, 1.807) is 0 Å². The normalized spacial score (nSPS) is 10.9. The lowest BCUT2D eigenvalue weighted by molar-refractivity contribution is -0.154. The van der Waals surface area contributed by atoms with Crippen molar-refractivity contribution < 1.29 is 9.53 Å². The SMILES string of the molecule is CC(C)(C)OC(=O)CCCNC(=S)Nc1ccccc1-c1ccccc1. The molecule has 5 heteroatoms. The Kier molecular flexibility index (Phi) is 7.16. The fourth-order valence-corrected chi connectivity index (χ4v) is 2.67. The number of thiocarbonyl (C=S) groups is 1. The molecule has 0 saturated heterocycles. The number of nitrogens with one attached hydrogen (secondary N) is 2. The van der Waals surface area contributed by atoms with Gasteiger partial charge in [0, 0.05) is 24.2 Å². The first-order valence-electron chi connectivity index (χ1n) is 8.76. The van der Waals surface area contributed by atoms with Crippen LogP contribution in [0.3, 0.4) is 0 Å². The summed E-state index contributed by atoms with van der Waals surface area (Å²) in [4.78, 5) is 11.7. The molecule has 138 valence electrons. The van der Waals surface area contributed by atoms with Gasteiger partial charge >= 0.3 is 5.97 Å².